The van der Waals surface area contributed by atoms with Crippen LogP contribution in [0.2, 0.25) is 0 Å². The fourth-order valence-electron chi connectivity index (χ4n) is 1.80. The Bertz CT molecular complexity index is 445. The van der Waals surface area contributed by atoms with Crippen LogP contribution in [-0.4, -0.2) is 24.4 Å². The highest BCUT2D eigenvalue weighted by molar-refractivity contribution is 5.94. The Morgan fingerprint density at radius 3 is 2.47 bits per heavy atom. The molecule has 0 aliphatic rings. The van der Waals surface area contributed by atoms with Crippen molar-refractivity contribution in [3.63, 3.8) is 0 Å². The number of nitro benzene ring substituents is 1. The number of anilines is 1. The SMILES string of the molecule is CC(CCCN)C(=O)N(C)c1ccc([N+](=O)[O-])cc1. The summed E-state index contributed by atoms with van der Waals surface area (Å²) >= 11 is 0. The highest BCUT2D eigenvalue weighted by Crippen LogP contribution is 2.20. The van der Waals surface area contributed by atoms with Crippen molar-refractivity contribution in [1.82, 2.24) is 0 Å². The first kappa shape index (κ1) is 15.1. The molecule has 104 valence electrons. The first-order valence-corrected chi connectivity index (χ1v) is 6.19. The van der Waals surface area contributed by atoms with E-state index in [0.29, 0.717) is 12.2 Å². The minimum absolute atomic E-state index is 0.0118. The summed E-state index contributed by atoms with van der Waals surface area (Å²) in [5.74, 6) is -0.119. The zero-order chi connectivity index (χ0) is 14.4. The standard InChI is InChI=1S/C13H19N3O3/c1-10(4-3-9-14)13(17)15(2)11-5-7-12(8-6-11)16(18)19/h5-8,10H,3-4,9,14H2,1-2H3. The van der Waals surface area contributed by atoms with E-state index in [0.717, 1.165) is 12.8 Å². The van der Waals surface area contributed by atoms with Crippen molar-refractivity contribution in [1.29, 1.82) is 0 Å². The third kappa shape index (κ3) is 4.03. The number of benzene rings is 1. The van der Waals surface area contributed by atoms with Crippen LogP contribution in [0.1, 0.15) is 19.8 Å². The molecule has 1 unspecified atom stereocenters. The highest BCUT2D eigenvalue weighted by Gasteiger charge is 2.18. The Labute approximate surface area is 112 Å². The van der Waals surface area contributed by atoms with Gasteiger partial charge in [0.15, 0.2) is 0 Å². The molecule has 0 spiro atoms. The molecule has 0 aliphatic carbocycles. The number of amides is 1. The first-order valence-electron chi connectivity index (χ1n) is 6.19. The van der Waals surface area contributed by atoms with E-state index in [1.165, 1.54) is 17.0 Å². The van der Waals surface area contributed by atoms with Crippen LogP contribution >= 0.6 is 0 Å². The fraction of sp³-hybridized carbons (Fsp3) is 0.462. The lowest BCUT2D eigenvalue weighted by atomic mass is 10.0. The van der Waals surface area contributed by atoms with Gasteiger partial charge in [0, 0.05) is 30.8 Å². The van der Waals surface area contributed by atoms with Gasteiger partial charge in [-0.05, 0) is 31.5 Å². The molecular weight excluding hydrogens is 246 g/mol. The molecule has 0 bridgehead atoms. The van der Waals surface area contributed by atoms with Gasteiger partial charge in [0.1, 0.15) is 0 Å². The number of non-ortho nitro benzene ring substituents is 1. The first-order chi connectivity index (χ1) is 8.97. The van der Waals surface area contributed by atoms with Crippen LogP contribution < -0.4 is 10.6 Å². The highest BCUT2D eigenvalue weighted by atomic mass is 16.6. The lowest BCUT2D eigenvalue weighted by Crippen LogP contribution is -2.31. The van der Waals surface area contributed by atoms with E-state index in [2.05, 4.69) is 0 Å². The topological polar surface area (TPSA) is 89.5 Å². The number of carbonyl (C=O) groups excluding carboxylic acids is 1. The van der Waals surface area contributed by atoms with Crippen molar-refractivity contribution < 1.29 is 9.72 Å². The lowest BCUT2D eigenvalue weighted by Gasteiger charge is -2.21. The van der Waals surface area contributed by atoms with Crippen LogP contribution in [0.15, 0.2) is 24.3 Å². The second kappa shape index (κ2) is 6.84. The molecule has 0 aromatic heterocycles. The van der Waals surface area contributed by atoms with Crippen LogP contribution in [0.3, 0.4) is 0 Å². The minimum Gasteiger partial charge on any atom is -0.330 e. The second-order valence-electron chi connectivity index (χ2n) is 4.50. The Hall–Kier alpha value is -1.95. The van der Waals surface area contributed by atoms with Gasteiger partial charge in [0.25, 0.3) is 5.69 Å². The van der Waals surface area contributed by atoms with Crippen molar-refractivity contribution in [3.05, 3.63) is 34.4 Å². The number of nitrogens with zero attached hydrogens (tertiary/aromatic N) is 2. The van der Waals surface area contributed by atoms with Gasteiger partial charge in [0.05, 0.1) is 4.92 Å². The molecule has 0 heterocycles. The molecule has 0 fully saturated rings. The van der Waals surface area contributed by atoms with Crippen LogP contribution in [0, 0.1) is 16.0 Å². The van der Waals surface area contributed by atoms with Crippen LogP contribution in [0.4, 0.5) is 11.4 Å². The van der Waals surface area contributed by atoms with E-state index in [1.54, 1.807) is 19.2 Å². The van der Waals surface area contributed by atoms with Crippen LogP contribution in [0.5, 0.6) is 0 Å². The summed E-state index contributed by atoms with van der Waals surface area (Å²) in [5, 5.41) is 10.6. The maximum absolute atomic E-state index is 12.1. The predicted molar refractivity (Wildman–Crippen MR) is 74.0 cm³/mol. The van der Waals surface area contributed by atoms with Crippen molar-refractivity contribution in [2.75, 3.05) is 18.5 Å². The molecule has 6 nitrogen and oxygen atoms in total. The number of hydrogen-bond acceptors (Lipinski definition) is 4. The molecule has 1 aromatic carbocycles. The predicted octanol–water partition coefficient (Wildman–Crippen LogP) is 1.93. The van der Waals surface area contributed by atoms with Crippen molar-refractivity contribution >= 4 is 17.3 Å². The molecular formula is C13H19N3O3. The Morgan fingerprint density at radius 2 is 2.00 bits per heavy atom. The summed E-state index contributed by atoms with van der Waals surface area (Å²) in [4.78, 5) is 23.7. The largest absolute Gasteiger partial charge is 0.330 e. The normalized spacial score (nSPS) is 11.9. The van der Waals surface area contributed by atoms with Crippen molar-refractivity contribution in [2.45, 2.75) is 19.8 Å². The molecule has 0 aliphatic heterocycles. The van der Waals surface area contributed by atoms with Gasteiger partial charge in [-0.2, -0.15) is 0 Å². The fourth-order valence-corrected chi connectivity index (χ4v) is 1.80. The molecule has 0 radical (unpaired) electrons. The zero-order valence-corrected chi connectivity index (χ0v) is 11.2. The van der Waals surface area contributed by atoms with E-state index in [4.69, 9.17) is 5.73 Å². The van der Waals surface area contributed by atoms with Gasteiger partial charge in [-0.1, -0.05) is 6.92 Å². The molecule has 1 aromatic rings. The number of nitro groups is 1. The molecule has 2 N–H and O–H groups in total. The van der Waals surface area contributed by atoms with Gasteiger partial charge in [0.2, 0.25) is 5.91 Å². The number of carbonyl (C=O) groups is 1. The van der Waals surface area contributed by atoms with Gasteiger partial charge < -0.3 is 10.6 Å². The summed E-state index contributed by atoms with van der Waals surface area (Å²) in [6.07, 6.45) is 1.55. The van der Waals surface area contributed by atoms with Gasteiger partial charge in [-0.25, -0.2) is 0 Å². The van der Waals surface area contributed by atoms with E-state index >= 15 is 0 Å². The van der Waals surface area contributed by atoms with Crippen molar-refractivity contribution in [2.24, 2.45) is 11.7 Å². The second-order valence-corrected chi connectivity index (χ2v) is 4.50. The third-order valence-corrected chi connectivity index (χ3v) is 3.04. The van der Waals surface area contributed by atoms with Gasteiger partial charge in [-0.3, -0.25) is 14.9 Å². The van der Waals surface area contributed by atoms with E-state index in [-0.39, 0.29) is 17.5 Å². The quantitative estimate of drug-likeness (QED) is 0.628. The summed E-state index contributed by atoms with van der Waals surface area (Å²) in [7, 11) is 1.67. The molecule has 0 saturated carbocycles. The molecule has 6 heteroatoms. The van der Waals surface area contributed by atoms with Crippen LogP contribution in [-0.2, 0) is 4.79 Å². The maximum Gasteiger partial charge on any atom is 0.269 e. The Kier molecular flexibility index (Phi) is 5.44. The van der Waals surface area contributed by atoms with Gasteiger partial charge >= 0.3 is 0 Å². The molecule has 1 rings (SSSR count). The average molecular weight is 265 g/mol. The minimum atomic E-state index is -0.463. The molecule has 0 saturated heterocycles. The van der Waals surface area contributed by atoms with E-state index in [9.17, 15) is 14.9 Å². The summed E-state index contributed by atoms with van der Waals surface area (Å²) in [5.41, 5.74) is 6.08. The van der Waals surface area contributed by atoms with E-state index < -0.39 is 4.92 Å². The molecule has 19 heavy (non-hydrogen) atoms. The Morgan fingerprint density at radius 1 is 1.42 bits per heavy atom. The Balaban J connectivity index is 2.73. The number of nitrogens with two attached hydrogens (primary N) is 1. The molecule has 1 amide bonds. The maximum atomic E-state index is 12.1. The lowest BCUT2D eigenvalue weighted by molar-refractivity contribution is -0.384. The summed E-state index contributed by atoms with van der Waals surface area (Å²) in [6, 6.07) is 5.94. The smallest absolute Gasteiger partial charge is 0.269 e. The molecule has 1 atom stereocenters. The third-order valence-electron chi connectivity index (χ3n) is 3.04. The number of rotatable bonds is 6. The van der Waals surface area contributed by atoms with Crippen molar-refractivity contribution in [3.8, 4) is 0 Å². The monoisotopic (exact) mass is 265 g/mol. The van der Waals surface area contributed by atoms with Crippen LogP contribution in [0.25, 0.3) is 0 Å². The van der Waals surface area contributed by atoms with Gasteiger partial charge in [-0.15, -0.1) is 0 Å². The summed E-state index contributed by atoms with van der Waals surface area (Å²) < 4.78 is 0. The number of hydrogen-bond donors (Lipinski definition) is 1. The summed E-state index contributed by atoms with van der Waals surface area (Å²) in [6.45, 7) is 2.43. The average Bonchev–Trinajstić information content (AvgIpc) is 2.43. The van der Waals surface area contributed by atoms with E-state index in [1.807, 2.05) is 6.92 Å². The zero-order valence-electron chi connectivity index (χ0n) is 11.2.